The molecule has 0 bridgehead atoms. The molecule has 0 aliphatic heterocycles. The van der Waals surface area contributed by atoms with Crippen LogP contribution in [-0.4, -0.2) is 33.0 Å². The highest BCUT2D eigenvalue weighted by molar-refractivity contribution is 5.77. The molecule has 2 aromatic rings. The van der Waals surface area contributed by atoms with Gasteiger partial charge < -0.3 is 0 Å². The lowest BCUT2D eigenvalue weighted by molar-refractivity contribution is 0.139. The van der Waals surface area contributed by atoms with Gasteiger partial charge in [0.2, 0.25) is 0 Å². The molecule has 29 heavy (non-hydrogen) atoms. The van der Waals surface area contributed by atoms with Gasteiger partial charge in [0.15, 0.2) is 0 Å². The zero-order valence-corrected chi connectivity index (χ0v) is 19.7. The molecule has 0 aliphatic rings. The third kappa shape index (κ3) is 7.09. The van der Waals surface area contributed by atoms with Crippen molar-refractivity contribution in [3.63, 3.8) is 0 Å². The maximum atomic E-state index is 4.56. The molecule has 2 rings (SSSR count). The molecule has 0 fully saturated rings. The first-order valence-corrected chi connectivity index (χ1v) is 12.2. The Kier molecular flexibility index (Phi) is 10.7. The van der Waals surface area contributed by atoms with Gasteiger partial charge in [-0.15, -0.1) is 5.10 Å². The molecule has 0 spiro atoms. The first-order chi connectivity index (χ1) is 14.2. The van der Waals surface area contributed by atoms with Crippen molar-refractivity contribution >= 4 is 11.0 Å². The third-order valence-corrected chi connectivity index (χ3v) is 6.46. The molecule has 164 valence electrons. The fourth-order valence-corrected chi connectivity index (χ4v) is 4.38. The predicted octanol–water partition coefficient (Wildman–Crippen LogP) is 6.69. The van der Waals surface area contributed by atoms with Crippen LogP contribution in [0.3, 0.4) is 0 Å². The van der Waals surface area contributed by atoms with Crippen LogP contribution in [-0.2, 0) is 13.1 Å². The summed E-state index contributed by atoms with van der Waals surface area (Å²) in [4.78, 5) is 2.67. The van der Waals surface area contributed by atoms with E-state index in [0.29, 0.717) is 0 Å². The predicted molar refractivity (Wildman–Crippen MR) is 125 cm³/mol. The Hall–Kier alpha value is -1.42. The van der Waals surface area contributed by atoms with Crippen molar-refractivity contribution in [1.82, 2.24) is 19.9 Å². The number of aromatic nitrogens is 3. The van der Waals surface area contributed by atoms with Gasteiger partial charge in [-0.3, -0.25) is 4.90 Å². The number of hydrogen-bond donors (Lipinski definition) is 0. The molecule has 4 nitrogen and oxygen atoms in total. The monoisotopic (exact) mass is 400 g/mol. The summed E-state index contributed by atoms with van der Waals surface area (Å²) in [7, 11) is 0. The molecule has 1 aromatic heterocycles. The van der Waals surface area contributed by atoms with E-state index >= 15 is 0 Å². The van der Waals surface area contributed by atoms with E-state index in [-0.39, 0.29) is 0 Å². The van der Waals surface area contributed by atoms with Gasteiger partial charge in [0.25, 0.3) is 0 Å². The van der Waals surface area contributed by atoms with Crippen molar-refractivity contribution in [2.45, 2.75) is 99.1 Å². The molecular weight excluding hydrogens is 356 g/mol. The number of rotatable bonds is 15. The number of aryl methyl sites for hydroxylation is 1. The molecule has 0 N–H and O–H groups in total. The minimum Gasteiger partial charge on any atom is -0.284 e. The number of nitrogens with zero attached hydrogens (tertiary/aromatic N) is 4. The standard InChI is InChI=1S/C25H44N4/c1-6-11-14-21(8-3)18-28(19-22(9-4)15-12-7-2)20-29-24-17-13-16-23(10-5)25(24)26-27-29/h13,16-17,21-22H,6-12,14-15,18-20H2,1-5H3. The second kappa shape index (κ2) is 13.0. The molecule has 0 amide bonds. The maximum Gasteiger partial charge on any atom is 0.116 e. The minimum atomic E-state index is 0.777. The normalized spacial score (nSPS) is 14.0. The van der Waals surface area contributed by atoms with Crippen LogP contribution in [0, 0.1) is 11.8 Å². The highest BCUT2D eigenvalue weighted by Gasteiger charge is 2.19. The van der Waals surface area contributed by atoms with Crippen molar-refractivity contribution < 1.29 is 0 Å². The van der Waals surface area contributed by atoms with E-state index in [1.165, 1.54) is 75.5 Å². The minimum absolute atomic E-state index is 0.777. The largest absolute Gasteiger partial charge is 0.284 e. The zero-order chi connectivity index (χ0) is 21.1. The Bertz CT molecular complexity index is 675. The van der Waals surface area contributed by atoms with Crippen molar-refractivity contribution in [1.29, 1.82) is 0 Å². The van der Waals surface area contributed by atoms with E-state index in [4.69, 9.17) is 0 Å². The van der Waals surface area contributed by atoms with Crippen molar-refractivity contribution in [2.75, 3.05) is 13.1 Å². The van der Waals surface area contributed by atoms with Gasteiger partial charge in [-0.05, 0) is 42.7 Å². The molecule has 2 unspecified atom stereocenters. The fraction of sp³-hybridized carbons (Fsp3) is 0.760. The van der Waals surface area contributed by atoms with E-state index in [1.54, 1.807) is 0 Å². The average molecular weight is 401 g/mol. The van der Waals surface area contributed by atoms with Gasteiger partial charge in [-0.1, -0.05) is 90.5 Å². The highest BCUT2D eigenvalue weighted by atomic mass is 15.5. The number of fused-ring (bicyclic) bond motifs is 1. The van der Waals surface area contributed by atoms with Crippen LogP contribution in [0.5, 0.6) is 0 Å². The second-order valence-electron chi connectivity index (χ2n) is 8.74. The Morgan fingerprint density at radius 2 is 1.52 bits per heavy atom. The SMILES string of the molecule is CCCCC(CC)CN(CC(CC)CCCC)Cn1nnc2c(CC)cccc21. The van der Waals surface area contributed by atoms with Gasteiger partial charge in [-0.2, -0.15) is 0 Å². The topological polar surface area (TPSA) is 34.0 Å². The molecule has 0 aliphatic carbocycles. The fourth-order valence-electron chi connectivity index (χ4n) is 4.38. The highest BCUT2D eigenvalue weighted by Crippen LogP contribution is 2.21. The molecule has 1 heterocycles. The van der Waals surface area contributed by atoms with Gasteiger partial charge in [0.1, 0.15) is 5.52 Å². The van der Waals surface area contributed by atoms with Crippen LogP contribution in [0.1, 0.15) is 91.5 Å². The average Bonchev–Trinajstić information content (AvgIpc) is 3.16. The summed E-state index contributed by atoms with van der Waals surface area (Å²) in [6, 6.07) is 6.50. The van der Waals surface area contributed by atoms with Crippen molar-refractivity contribution in [3.05, 3.63) is 23.8 Å². The second-order valence-corrected chi connectivity index (χ2v) is 8.74. The quantitative estimate of drug-likeness (QED) is 0.334. The third-order valence-electron chi connectivity index (χ3n) is 6.46. The molecular formula is C25H44N4. The van der Waals surface area contributed by atoms with E-state index in [1.807, 2.05) is 0 Å². The summed E-state index contributed by atoms with van der Waals surface area (Å²) < 4.78 is 2.13. The summed E-state index contributed by atoms with van der Waals surface area (Å²) >= 11 is 0. The Balaban J connectivity index is 2.19. The van der Waals surface area contributed by atoms with E-state index in [2.05, 4.69) is 72.7 Å². The lowest BCUT2D eigenvalue weighted by Crippen LogP contribution is -2.36. The molecule has 1 aromatic carbocycles. The van der Waals surface area contributed by atoms with Crippen molar-refractivity contribution in [2.24, 2.45) is 11.8 Å². The Labute approximate surface area is 179 Å². The Morgan fingerprint density at radius 1 is 0.897 bits per heavy atom. The first-order valence-electron chi connectivity index (χ1n) is 12.2. The lowest BCUT2D eigenvalue weighted by Gasteiger charge is -2.30. The van der Waals surface area contributed by atoms with Gasteiger partial charge in [-0.25, -0.2) is 4.68 Å². The summed E-state index contributed by atoms with van der Waals surface area (Å²) in [5, 5.41) is 9.09. The van der Waals surface area contributed by atoms with E-state index in [0.717, 1.165) is 30.4 Å². The van der Waals surface area contributed by atoms with E-state index < -0.39 is 0 Å². The molecule has 4 heteroatoms. The maximum absolute atomic E-state index is 4.56. The van der Waals surface area contributed by atoms with Gasteiger partial charge in [0.05, 0.1) is 12.2 Å². The smallest absolute Gasteiger partial charge is 0.116 e. The van der Waals surface area contributed by atoms with Gasteiger partial charge >= 0.3 is 0 Å². The van der Waals surface area contributed by atoms with Crippen LogP contribution >= 0.6 is 0 Å². The van der Waals surface area contributed by atoms with Crippen LogP contribution in [0.15, 0.2) is 18.2 Å². The first kappa shape index (κ1) is 23.9. The van der Waals surface area contributed by atoms with Gasteiger partial charge in [0, 0.05) is 13.1 Å². The van der Waals surface area contributed by atoms with Crippen LogP contribution in [0.2, 0.25) is 0 Å². The summed E-state index contributed by atoms with van der Waals surface area (Å²) in [5.74, 6) is 1.55. The molecule has 0 radical (unpaired) electrons. The number of unbranched alkanes of at least 4 members (excludes halogenated alkanes) is 2. The Morgan fingerprint density at radius 3 is 2.03 bits per heavy atom. The van der Waals surface area contributed by atoms with Crippen LogP contribution < -0.4 is 0 Å². The number of benzene rings is 1. The molecule has 0 saturated carbocycles. The zero-order valence-electron chi connectivity index (χ0n) is 19.7. The number of hydrogen-bond acceptors (Lipinski definition) is 3. The summed E-state index contributed by atoms with van der Waals surface area (Å²) in [6.45, 7) is 14.7. The van der Waals surface area contributed by atoms with Crippen LogP contribution in [0.4, 0.5) is 0 Å². The van der Waals surface area contributed by atoms with Crippen molar-refractivity contribution in [3.8, 4) is 0 Å². The molecule has 0 saturated heterocycles. The summed E-state index contributed by atoms with van der Waals surface area (Å²) in [5.41, 5.74) is 3.55. The van der Waals surface area contributed by atoms with Crippen LogP contribution in [0.25, 0.3) is 11.0 Å². The van der Waals surface area contributed by atoms with E-state index in [9.17, 15) is 0 Å². The lowest BCUT2D eigenvalue weighted by atomic mass is 9.96. The summed E-state index contributed by atoms with van der Waals surface area (Å²) in [6.07, 6.45) is 11.5. The molecule has 2 atom stereocenters.